The lowest BCUT2D eigenvalue weighted by Gasteiger charge is -2.20. The highest BCUT2D eigenvalue weighted by atomic mass is 35.5. The number of hydrogen-bond donors (Lipinski definition) is 0. The monoisotopic (exact) mass is 432 g/mol. The highest BCUT2D eigenvalue weighted by Gasteiger charge is 2.30. The molecular weight excluding hydrogens is 416 g/mol. The molecule has 0 spiro atoms. The Kier molecular flexibility index (Phi) is 5.56. The lowest BCUT2D eigenvalue weighted by atomic mass is 10.1. The first kappa shape index (κ1) is 20.4. The zero-order chi connectivity index (χ0) is 22.0. The van der Waals surface area contributed by atoms with Crippen molar-refractivity contribution in [1.29, 1.82) is 0 Å². The molecule has 1 amide bonds. The van der Waals surface area contributed by atoms with Gasteiger partial charge in [-0.3, -0.25) is 19.8 Å². The van der Waals surface area contributed by atoms with Gasteiger partial charge in [0.15, 0.2) is 0 Å². The highest BCUT2D eigenvalue weighted by molar-refractivity contribution is 6.30. The van der Waals surface area contributed by atoms with Gasteiger partial charge in [-0.2, -0.15) is 0 Å². The third-order valence-corrected chi connectivity index (χ3v) is 5.13. The Bertz CT molecular complexity index is 1200. The van der Waals surface area contributed by atoms with E-state index >= 15 is 0 Å². The van der Waals surface area contributed by atoms with Crippen LogP contribution in [0.2, 0.25) is 5.02 Å². The van der Waals surface area contributed by atoms with Crippen molar-refractivity contribution < 1.29 is 14.5 Å². The summed E-state index contributed by atoms with van der Waals surface area (Å²) in [5, 5.41) is 11.6. The number of nitrogens with zero attached hydrogens (tertiary/aromatic N) is 2. The van der Waals surface area contributed by atoms with Gasteiger partial charge in [0.1, 0.15) is 5.75 Å². The maximum absolute atomic E-state index is 13.3. The van der Waals surface area contributed by atoms with Crippen LogP contribution in [0.1, 0.15) is 11.1 Å². The molecule has 0 bridgehead atoms. The minimum Gasteiger partial charge on any atom is -0.497 e. The summed E-state index contributed by atoms with van der Waals surface area (Å²) in [5.41, 5.74) is 3.30. The molecule has 0 radical (unpaired) electrons. The minimum atomic E-state index is -0.472. The molecule has 1 heterocycles. The first-order chi connectivity index (χ1) is 15.0. The van der Waals surface area contributed by atoms with Crippen molar-refractivity contribution in [2.24, 2.45) is 0 Å². The van der Waals surface area contributed by atoms with Gasteiger partial charge in [-0.1, -0.05) is 35.9 Å². The van der Waals surface area contributed by atoms with Crippen molar-refractivity contribution in [2.75, 3.05) is 12.0 Å². The third-order valence-electron chi connectivity index (χ3n) is 4.88. The average molecular weight is 433 g/mol. The van der Waals surface area contributed by atoms with Gasteiger partial charge >= 0.3 is 0 Å². The molecule has 0 N–H and O–H groups in total. The number of nitro groups is 1. The van der Waals surface area contributed by atoms with Crippen LogP contribution in [0.4, 0.5) is 11.4 Å². The van der Waals surface area contributed by atoms with Gasteiger partial charge in [-0.05, 0) is 59.7 Å². The van der Waals surface area contributed by atoms with Gasteiger partial charge in [0.05, 0.1) is 17.7 Å². The van der Waals surface area contributed by atoms with Gasteiger partial charge < -0.3 is 4.74 Å². The molecule has 7 heteroatoms. The number of rotatable bonds is 5. The van der Waals surface area contributed by atoms with Crippen molar-refractivity contribution >= 4 is 40.7 Å². The summed E-state index contributed by atoms with van der Waals surface area (Å²) in [6.07, 6.45) is 3.60. The second-order valence-electron chi connectivity index (χ2n) is 6.82. The summed E-state index contributed by atoms with van der Waals surface area (Å²) in [4.78, 5) is 25.4. The van der Waals surface area contributed by atoms with E-state index in [0.717, 1.165) is 16.9 Å². The maximum atomic E-state index is 13.3. The first-order valence-electron chi connectivity index (χ1n) is 9.38. The van der Waals surface area contributed by atoms with Crippen LogP contribution in [0.15, 0.2) is 84.4 Å². The first-order valence-corrected chi connectivity index (χ1v) is 9.76. The highest BCUT2D eigenvalue weighted by Crippen LogP contribution is 2.36. The molecule has 154 valence electrons. The Morgan fingerprint density at radius 2 is 1.61 bits per heavy atom. The zero-order valence-corrected chi connectivity index (χ0v) is 17.2. The average Bonchev–Trinajstić information content (AvgIpc) is 3.10. The number of amides is 1. The Hall–Kier alpha value is -3.90. The molecule has 0 saturated carbocycles. The second kappa shape index (κ2) is 8.45. The smallest absolute Gasteiger partial charge is 0.269 e. The number of nitro benzene ring substituents is 1. The van der Waals surface area contributed by atoms with Crippen LogP contribution in [0.3, 0.4) is 0 Å². The van der Waals surface area contributed by atoms with Crippen molar-refractivity contribution in [2.45, 2.75) is 0 Å². The molecule has 1 aliphatic heterocycles. The molecule has 0 saturated heterocycles. The van der Waals surface area contributed by atoms with Crippen molar-refractivity contribution in [1.82, 2.24) is 0 Å². The van der Waals surface area contributed by atoms with E-state index in [0.29, 0.717) is 22.0 Å². The van der Waals surface area contributed by atoms with Crippen LogP contribution in [-0.2, 0) is 4.79 Å². The third kappa shape index (κ3) is 4.20. The summed E-state index contributed by atoms with van der Waals surface area (Å²) in [7, 11) is 1.59. The summed E-state index contributed by atoms with van der Waals surface area (Å²) in [6, 6.07) is 20.4. The summed E-state index contributed by atoms with van der Waals surface area (Å²) in [6.45, 7) is 0. The number of hydrogen-bond acceptors (Lipinski definition) is 4. The Labute approximate surface area is 183 Å². The fourth-order valence-electron chi connectivity index (χ4n) is 3.31. The van der Waals surface area contributed by atoms with Crippen LogP contribution >= 0.6 is 11.6 Å². The van der Waals surface area contributed by atoms with E-state index in [1.165, 1.54) is 12.1 Å². The summed E-state index contributed by atoms with van der Waals surface area (Å²) < 4.78 is 5.18. The molecule has 0 aromatic heterocycles. The van der Waals surface area contributed by atoms with Gasteiger partial charge in [0.25, 0.3) is 11.6 Å². The molecule has 0 aliphatic carbocycles. The molecular formula is C24H17ClN2O4. The lowest BCUT2D eigenvalue weighted by molar-refractivity contribution is -0.384. The van der Waals surface area contributed by atoms with Gasteiger partial charge in [0, 0.05) is 28.4 Å². The number of carbonyl (C=O) groups excluding carboxylic acids is 1. The van der Waals surface area contributed by atoms with Crippen molar-refractivity contribution in [3.05, 3.63) is 111 Å². The van der Waals surface area contributed by atoms with Crippen LogP contribution in [0.25, 0.3) is 11.8 Å². The zero-order valence-electron chi connectivity index (χ0n) is 16.5. The molecule has 6 nitrogen and oxygen atoms in total. The molecule has 4 rings (SSSR count). The number of anilines is 1. The van der Waals surface area contributed by atoms with Crippen LogP contribution < -0.4 is 9.64 Å². The van der Waals surface area contributed by atoms with Crippen molar-refractivity contribution in [3.8, 4) is 5.75 Å². The van der Waals surface area contributed by atoms with Crippen LogP contribution in [-0.4, -0.2) is 17.9 Å². The van der Waals surface area contributed by atoms with E-state index in [1.54, 1.807) is 48.4 Å². The molecule has 0 unspecified atom stereocenters. The summed E-state index contributed by atoms with van der Waals surface area (Å²) >= 11 is 6.02. The largest absolute Gasteiger partial charge is 0.497 e. The van der Waals surface area contributed by atoms with E-state index in [2.05, 4.69) is 0 Å². The Morgan fingerprint density at radius 3 is 2.19 bits per heavy atom. The van der Waals surface area contributed by atoms with E-state index < -0.39 is 4.92 Å². The fourth-order valence-corrected chi connectivity index (χ4v) is 3.43. The Balaban J connectivity index is 1.77. The predicted octanol–water partition coefficient (Wildman–Crippen LogP) is 5.73. The lowest BCUT2D eigenvalue weighted by Crippen LogP contribution is -2.24. The number of non-ortho nitro benzene ring substituents is 1. The minimum absolute atomic E-state index is 0.0404. The Morgan fingerprint density at radius 1 is 0.968 bits per heavy atom. The van der Waals surface area contributed by atoms with E-state index in [-0.39, 0.29) is 11.6 Å². The van der Waals surface area contributed by atoms with Gasteiger partial charge in [0.2, 0.25) is 0 Å². The number of methoxy groups -OCH3 is 1. The van der Waals surface area contributed by atoms with Crippen LogP contribution in [0, 0.1) is 10.1 Å². The molecule has 31 heavy (non-hydrogen) atoms. The fraction of sp³-hybridized carbons (Fsp3) is 0.0417. The number of carbonyl (C=O) groups is 1. The van der Waals surface area contributed by atoms with E-state index in [1.807, 2.05) is 36.4 Å². The maximum Gasteiger partial charge on any atom is 0.269 e. The van der Waals surface area contributed by atoms with Gasteiger partial charge in [-0.15, -0.1) is 0 Å². The second-order valence-corrected chi connectivity index (χ2v) is 7.26. The number of benzene rings is 3. The predicted molar refractivity (Wildman–Crippen MR) is 121 cm³/mol. The van der Waals surface area contributed by atoms with E-state index in [4.69, 9.17) is 16.3 Å². The normalized spacial score (nSPS) is 14.6. The van der Waals surface area contributed by atoms with Crippen LogP contribution in [0.5, 0.6) is 5.75 Å². The molecule has 1 aliphatic rings. The van der Waals surface area contributed by atoms with Crippen molar-refractivity contribution in [3.63, 3.8) is 0 Å². The number of ether oxygens (including phenoxy) is 1. The molecule has 0 atom stereocenters. The SMILES string of the molecule is COc1ccc(/C=C2/C=C(c3ccc(Cl)cc3)N(c3ccc([N+](=O)[O-])cc3)C2=O)cc1. The summed E-state index contributed by atoms with van der Waals surface area (Å²) in [5.74, 6) is 0.499. The molecule has 0 fully saturated rings. The standard InChI is InChI=1S/C24H17ClN2O4/c1-31-22-12-2-16(3-13-22)14-18-15-23(17-4-6-19(25)7-5-17)26(24(18)28)20-8-10-21(11-9-20)27(29)30/h2-15H,1H3/b18-14-. The quantitative estimate of drug-likeness (QED) is 0.293. The topological polar surface area (TPSA) is 72.7 Å². The molecule has 3 aromatic carbocycles. The van der Waals surface area contributed by atoms with E-state index in [9.17, 15) is 14.9 Å². The van der Waals surface area contributed by atoms with Gasteiger partial charge in [-0.25, -0.2) is 0 Å². The number of halogens is 1. The molecule has 3 aromatic rings.